The molecule has 1 aliphatic carbocycles. The van der Waals surface area contributed by atoms with Gasteiger partial charge in [-0.15, -0.1) is 11.3 Å². The second-order valence-corrected chi connectivity index (χ2v) is 8.19. The summed E-state index contributed by atoms with van der Waals surface area (Å²) in [4.78, 5) is 30.1. The molecule has 0 radical (unpaired) electrons. The molecule has 1 saturated carbocycles. The van der Waals surface area contributed by atoms with Crippen LogP contribution in [0.25, 0.3) is 10.4 Å². The van der Waals surface area contributed by atoms with Crippen LogP contribution in [0.4, 0.5) is 10.1 Å². The summed E-state index contributed by atoms with van der Waals surface area (Å²) in [6.45, 7) is 1.89. The minimum atomic E-state index is -0.416. The fraction of sp³-hybridized carbons (Fsp3) is 0.227. The van der Waals surface area contributed by atoms with E-state index < -0.39 is 5.82 Å². The van der Waals surface area contributed by atoms with Crippen molar-refractivity contribution in [3.63, 3.8) is 0 Å². The van der Waals surface area contributed by atoms with E-state index in [1.807, 2.05) is 19.1 Å². The lowest BCUT2D eigenvalue weighted by Gasteiger charge is -2.10. The smallest absolute Gasteiger partial charge is 0.265 e. The van der Waals surface area contributed by atoms with Crippen molar-refractivity contribution in [2.45, 2.75) is 26.2 Å². The summed E-state index contributed by atoms with van der Waals surface area (Å²) in [7, 11) is 0. The Bertz CT molecular complexity index is 1060. The minimum absolute atomic E-state index is 0.120. The van der Waals surface area contributed by atoms with Gasteiger partial charge in [0.15, 0.2) is 5.78 Å². The van der Waals surface area contributed by atoms with Crippen LogP contribution >= 0.6 is 11.3 Å². The Balaban J connectivity index is 1.51. The molecule has 4 rings (SSSR count). The van der Waals surface area contributed by atoms with Crippen LogP contribution < -0.4 is 5.32 Å². The van der Waals surface area contributed by atoms with Gasteiger partial charge in [-0.25, -0.2) is 4.39 Å². The summed E-state index contributed by atoms with van der Waals surface area (Å²) < 4.78 is 13.4. The Kier molecular flexibility index (Phi) is 5.05. The van der Waals surface area contributed by atoms with Crippen LogP contribution in [0.1, 0.15) is 44.9 Å². The molecule has 1 aromatic carbocycles. The number of hydrogen-bond acceptors (Lipinski definition) is 4. The molecular weight excluding hydrogens is 375 g/mol. The summed E-state index contributed by atoms with van der Waals surface area (Å²) in [5, 5.41) is 2.90. The van der Waals surface area contributed by atoms with Gasteiger partial charge in [-0.05, 0) is 55.5 Å². The number of pyridine rings is 1. The molecule has 1 aliphatic rings. The molecule has 0 bridgehead atoms. The van der Waals surface area contributed by atoms with E-state index >= 15 is 0 Å². The molecule has 142 valence electrons. The summed E-state index contributed by atoms with van der Waals surface area (Å²) in [6.07, 6.45) is 5.54. The summed E-state index contributed by atoms with van der Waals surface area (Å²) in [5.74, 6) is -0.0283. The number of carbonyl (C=O) groups is 2. The van der Waals surface area contributed by atoms with Crippen LogP contribution in [-0.4, -0.2) is 16.7 Å². The number of carbonyl (C=O) groups excluding carboxylic acids is 2. The normalized spacial score (nSPS) is 13.4. The van der Waals surface area contributed by atoms with Gasteiger partial charge in [0, 0.05) is 34.3 Å². The fourth-order valence-corrected chi connectivity index (χ4v) is 3.86. The molecular formula is C22H19FN2O2S. The number of aromatic nitrogens is 1. The number of halogens is 1. The second kappa shape index (κ2) is 7.64. The molecule has 1 fully saturated rings. The molecule has 6 heteroatoms. The second-order valence-electron chi connectivity index (χ2n) is 7.11. The van der Waals surface area contributed by atoms with Crippen molar-refractivity contribution in [3.8, 4) is 10.4 Å². The van der Waals surface area contributed by atoms with E-state index in [9.17, 15) is 14.0 Å². The average molecular weight is 394 g/mol. The first-order valence-electron chi connectivity index (χ1n) is 9.15. The number of amides is 1. The minimum Gasteiger partial charge on any atom is -0.321 e. The van der Waals surface area contributed by atoms with Gasteiger partial charge in [0.05, 0.1) is 11.1 Å². The third-order valence-electron chi connectivity index (χ3n) is 4.80. The molecule has 4 nitrogen and oxygen atoms in total. The quantitative estimate of drug-likeness (QED) is 0.562. The van der Waals surface area contributed by atoms with E-state index in [-0.39, 0.29) is 11.7 Å². The predicted molar refractivity (Wildman–Crippen MR) is 108 cm³/mol. The zero-order valence-corrected chi connectivity index (χ0v) is 16.2. The number of aryl methyl sites for hydroxylation is 1. The van der Waals surface area contributed by atoms with Crippen LogP contribution in [0.2, 0.25) is 0 Å². The van der Waals surface area contributed by atoms with Crippen molar-refractivity contribution >= 4 is 28.7 Å². The molecule has 0 atom stereocenters. The Morgan fingerprint density at radius 1 is 1.18 bits per heavy atom. The van der Waals surface area contributed by atoms with E-state index in [1.165, 1.54) is 17.4 Å². The standard InChI is InChI=1S/C22H19FN2O2S/c1-13-2-5-15(19(26)8-14-3-4-14)10-18(13)25-22(27)21-7-6-20(28-21)16-9-17(23)12-24-11-16/h2,5-7,9-12,14H,3-4,8H2,1H3,(H,25,27). The van der Waals surface area contributed by atoms with E-state index in [0.29, 0.717) is 34.0 Å². The number of rotatable bonds is 6. The number of nitrogens with one attached hydrogen (secondary N) is 1. The third kappa shape index (κ3) is 4.17. The van der Waals surface area contributed by atoms with E-state index in [0.717, 1.165) is 29.5 Å². The lowest BCUT2D eigenvalue weighted by molar-refractivity contribution is 0.0974. The number of Topliss-reactive ketones (excluding diaryl/α,β-unsaturated/α-hetero) is 1. The monoisotopic (exact) mass is 394 g/mol. The maximum Gasteiger partial charge on any atom is 0.265 e. The molecule has 3 aromatic rings. The van der Waals surface area contributed by atoms with E-state index in [4.69, 9.17) is 0 Å². The maximum absolute atomic E-state index is 13.4. The SMILES string of the molecule is Cc1ccc(C(=O)CC2CC2)cc1NC(=O)c1ccc(-c2cncc(F)c2)s1. The van der Waals surface area contributed by atoms with Crippen molar-refractivity contribution in [3.05, 3.63) is 70.6 Å². The number of thiophene rings is 1. The molecule has 0 spiro atoms. The average Bonchev–Trinajstić information content (AvgIpc) is 3.34. The Labute approximate surface area is 166 Å². The molecule has 0 aliphatic heterocycles. The fourth-order valence-electron chi connectivity index (χ4n) is 2.98. The largest absolute Gasteiger partial charge is 0.321 e. The molecule has 1 N–H and O–H groups in total. The highest BCUT2D eigenvalue weighted by Crippen LogP contribution is 2.34. The van der Waals surface area contributed by atoms with E-state index in [1.54, 1.807) is 24.4 Å². The van der Waals surface area contributed by atoms with Gasteiger partial charge in [0.25, 0.3) is 5.91 Å². The van der Waals surface area contributed by atoms with Gasteiger partial charge in [0.1, 0.15) is 5.82 Å². The first kappa shape index (κ1) is 18.5. The van der Waals surface area contributed by atoms with Gasteiger partial charge < -0.3 is 5.32 Å². The highest BCUT2D eigenvalue weighted by molar-refractivity contribution is 7.17. The molecule has 2 aromatic heterocycles. The molecule has 1 amide bonds. The third-order valence-corrected chi connectivity index (χ3v) is 5.93. The maximum atomic E-state index is 13.4. The van der Waals surface area contributed by atoms with Gasteiger partial charge >= 0.3 is 0 Å². The summed E-state index contributed by atoms with van der Waals surface area (Å²) >= 11 is 1.27. The number of nitrogens with zero attached hydrogens (tertiary/aromatic N) is 1. The lowest BCUT2D eigenvalue weighted by Crippen LogP contribution is -2.12. The van der Waals surface area contributed by atoms with Gasteiger partial charge in [0.2, 0.25) is 0 Å². The van der Waals surface area contributed by atoms with Crippen molar-refractivity contribution < 1.29 is 14.0 Å². The van der Waals surface area contributed by atoms with Crippen LogP contribution in [0, 0.1) is 18.7 Å². The Hall–Kier alpha value is -2.86. The van der Waals surface area contributed by atoms with Crippen molar-refractivity contribution in [2.75, 3.05) is 5.32 Å². The molecule has 28 heavy (non-hydrogen) atoms. The highest BCUT2D eigenvalue weighted by atomic mass is 32.1. The summed E-state index contributed by atoms with van der Waals surface area (Å²) in [5.41, 5.74) is 2.79. The number of anilines is 1. The van der Waals surface area contributed by atoms with Crippen LogP contribution in [0.15, 0.2) is 48.8 Å². The van der Waals surface area contributed by atoms with Gasteiger partial charge in [-0.1, -0.05) is 12.1 Å². The van der Waals surface area contributed by atoms with Crippen molar-refractivity contribution in [2.24, 2.45) is 5.92 Å². The van der Waals surface area contributed by atoms with Crippen molar-refractivity contribution in [1.29, 1.82) is 0 Å². The summed E-state index contributed by atoms with van der Waals surface area (Å²) in [6, 6.07) is 10.3. The topological polar surface area (TPSA) is 59.1 Å². The highest BCUT2D eigenvalue weighted by Gasteiger charge is 2.25. The Morgan fingerprint density at radius 3 is 2.75 bits per heavy atom. The number of ketones is 1. The lowest BCUT2D eigenvalue weighted by atomic mass is 10.0. The van der Waals surface area contributed by atoms with E-state index in [2.05, 4.69) is 10.3 Å². The number of hydrogen-bond donors (Lipinski definition) is 1. The van der Waals surface area contributed by atoms with Crippen LogP contribution in [-0.2, 0) is 0 Å². The zero-order valence-electron chi connectivity index (χ0n) is 15.4. The predicted octanol–water partition coefficient (Wildman–Crippen LogP) is 5.49. The van der Waals surface area contributed by atoms with Crippen LogP contribution in [0.5, 0.6) is 0 Å². The zero-order chi connectivity index (χ0) is 19.7. The molecule has 2 heterocycles. The first-order valence-corrected chi connectivity index (χ1v) is 9.97. The molecule has 0 unspecified atom stereocenters. The Morgan fingerprint density at radius 2 is 2.00 bits per heavy atom. The number of benzene rings is 1. The van der Waals surface area contributed by atoms with Crippen molar-refractivity contribution in [1.82, 2.24) is 4.98 Å². The van der Waals surface area contributed by atoms with Gasteiger partial charge in [-0.2, -0.15) is 0 Å². The van der Waals surface area contributed by atoms with Crippen LogP contribution in [0.3, 0.4) is 0 Å². The molecule has 0 saturated heterocycles. The first-order chi connectivity index (χ1) is 13.5. The van der Waals surface area contributed by atoms with Gasteiger partial charge in [-0.3, -0.25) is 14.6 Å².